The molecule has 0 aliphatic heterocycles. The predicted molar refractivity (Wildman–Crippen MR) is 101 cm³/mol. The number of carbonyl (C=O) groups is 1. The van der Waals surface area contributed by atoms with Crippen LogP contribution in [-0.4, -0.2) is 20.1 Å². The van der Waals surface area contributed by atoms with Crippen LogP contribution in [0.1, 0.15) is 32.8 Å². The zero-order valence-corrected chi connectivity index (χ0v) is 15.7. The Balaban J connectivity index is 1.85. The number of ether oxygens (including phenoxy) is 2. The molecule has 2 aromatic carbocycles. The molecule has 1 aromatic heterocycles. The fraction of sp³-hybridized carbons (Fsp3) is 0.286. The van der Waals surface area contributed by atoms with Crippen molar-refractivity contribution in [2.24, 2.45) is 0 Å². The van der Waals surface area contributed by atoms with E-state index in [-0.39, 0.29) is 5.91 Å². The molecule has 26 heavy (non-hydrogen) atoms. The third kappa shape index (κ3) is 3.25. The van der Waals surface area contributed by atoms with Gasteiger partial charge in [-0.2, -0.15) is 0 Å². The Morgan fingerprint density at radius 2 is 1.62 bits per heavy atom. The average Bonchev–Trinajstić information content (AvgIpc) is 3.01. The molecule has 0 radical (unpaired) electrons. The smallest absolute Gasteiger partial charge is 0.287 e. The molecule has 1 heterocycles. The van der Waals surface area contributed by atoms with Gasteiger partial charge in [0, 0.05) is 23.6 Å². The number of benzene rings is 2. The lowest BCUT2D eigenvalue weighted by molar-refractivity contribution is 0.0924. The second-order valence-electron chi connectivity index (χ2n) is 6.36. The Labute approximate surface area is 152 Å². The first-order valence-electron chi connectivity index (χ1n) is 8.44. The Morgan fingerprint density at radius 1 is 1.00 bits per heavy atom. The molecule has 5 nitrogen and oxygen atoms in total. The van der Waals surface area contributed by atoms with Crippen molar-refractivity contribution in [2.45, 2.75) is 27.3 Å². The van der Waals surface area contributed by atoms with Crippen LogP contribution in [0.15, 0.2) is 34.7 Å². The summed E-state index contributed by atoms with van der Waals surface area (Å²) >= 11 is 0. The molecule has 0 unspecified atom stereocenters. The van der Waals surface area contributed by atoms with Crippen LogP contribution >= 0.6 is 0 Å². The molecule has 0 atom stereocenters. The first-order chi connectivity index (χ1) is 12.4. The number of nitrogens with one attached hydrogen (secondary N) is 1. The second kappa shape index (κ2) is 7.12. The lowest BCUT2D eigenvalue weighted by atomic mass is 10.0. The number of fused-ring (bicyclic) bond motifs is 1. The molecular weight excluding hydrogens is 330 g/mol. The Kier molecular flexibility index (Phi) is 4.89. The van der Waals surface area contributed by atoms with Crippen molar-refractivity contribution < 1.29 is 18.7 Å². The normalized spacial score (nSPS) is 10.8. The molecule has 5 heteroatoms. The maximum atomic E-state index is 12.7. The van der Waals surface area contributed by atoms with Crippen LogP contribution in [0, 0.1) is 20.8 Å². The van der Waals surface area contributed by atoms with Gasteiger partial charge in [-0.25, -0.2) is 0 Å². The Bertz CT molecular complexity index is 950. The minimum Gasteiger partial charge on any atom is -0.497 e. The van der Waals surface area contributed by atoms with E-state index >= 15 is 0 Å². The molecule has 0 saturated carbocycles. The summed E-state index contributed by atoms with van der Waals surface area (Å²) in [6.07, 6.45) is 0. The summed E-state index contributed by atoms with van der Waals surface area (Å²) in [7, 11) is 3.19. The van der Waals surface area contributed by atoms with Gasteiger partial charge in [-0.3, -0.25) is 4.79 Å². The topological polar surface area (TPSA) is 60.7 Å². The monoisotopic (exact) mass is 353 g/mol. The van der Waals surface area contributed by atoms with Crippen LogP contribution in [-0.2, 0) is 6.54 Å². The minimum atomic E-state index is -0.237. The van der Waals surface area contributed by atoms with E-state index in [1.54, 1.807) is 20.3 Å². The van der Waals surface area contributed by atoms with Crippen molar-refractivity contribution in [3.8, 4) is 11.5 Å². The largest absolute Gasteiger partial charge is 0.497 e. The number of hydrogen-bond donors (Lipinski definition) is 1. The van der Waals surface area contributed by atoms with E-state index in [0.717, 1.165) is 33.2 Å². The van der Waals surface area contributed by atoms with Gasteiger partial charge in [0.1, 0.15) is 17.1 Å². The molecule has 0 bridgehead atoms. The van der Waals surface area contributed by atoms with Crippen LogP contribution in [0.4, 0.5) is 0 Å². The molecule has 0 aliphatic rings. The van der Waals surface area contributed by atoms with E-state index in [0.29, 0.717) is 23.8 Å². The summed E-state index contributed by atoms with van der Waals surface area (Å²) in [6.45, 7) is 6.27. The third-order valence-electron chi connectivity index (χ3n) is 4.55. The molecule has 3 aromatic rings. The van der Waals surface area contributed by atoms with Crippen molar-refractivity contribution in [3.05, 3.63) is 58.3 Å². The Morgan fingerprint density at radius 3 is 2.19 bits per heavy atom. The molecule has 0 spiro atoms. The summed E-state index contributed by atoms with van der Waals surface area (Å²) < 4.78 is 16.4. The minimum absolute atomic E-state index is 0.237. The highest BCUT2D eigenvalue weighted by Crippen LogP contribution is 2.30. The van der Waals surface area contributed by atoms with E-state index in [2.05, 4.69) is 5.32 Å². The van der Waals surface area contributed by atoms with Gasteiger partial charge in [-0.15, -0.1) is 0 Å². The van der Waals surface area contributed by atoms with Crippen molar-refractivity contribution in [3.63, 3.8) is 0 Å². The summed E-state index contributed by atoms with van der Waals surface area (Å²) in [5.74, 6) is 1.48. The van der Waals surface area contributed by atoms with Gasteiger partial charge in [-0.05, 0) is 49.6 Å². The molecule has 1 N–H and O–H groups in total. The zero-order chi connectivity index (χ0) is 18.8. The first kappa shape index (κ1) is 17.9. The fourth-order valence-electron chi connectivity index (χ4n) is 3.12. The number of furan rings is 1. The SMILES string of the molecule is COc1cc(CNC(=O)c2oc3c(C)ccc(C)c3c2C)cc(OC)c1. The van der Waals surface area contributed by atoms with E-state index in [4.69, 9.17) is 13.9 Å². The summed E-state index contributed by atoms with van der Waals surface area (Å²) in [6, 6.07) is 9.57. The highest BCUT2D eigenvalue weighted by atomic mass is 16.5. The fourth-order valence-corrected chi connectivity index (χ4v) is 3.12. The summed E-state index contributed by atoms with van der Waals surface area (Å²) in [5.41, 5.74) is 4.64. The summed E-state index contributed by atoms with van der Waals surface area (Å²) in [5, 5.41) is 3.93. The molecule has 1 amide bonds. The third-order valence-corrected chi connectivity index (χ3v) is 4.55. The molecule has 0 saturated heterocycles. The van der Waals surface area contributed by atoms with E-state index < -0.39 is 0 Å². The zero-order valence-electron chi connectivity index (χ0n) is 15.7. The van der Waals surface area contributed by atoms with Crippen LogP contribution < -0.4 is 14.8 Å². The van der Waals surface area contributed by atoms with Crippen LogP contribution in [0.5, 0.6) is 11.5 Å². The number of carbonyl (C=O) groups excluding carboxylic acids is 1. The maximum absolute atomic E-state index is 12.7. The van der Waals surface area contributed by atoms with Crippen LogP contribution in [0.3, 0.4) is 0 Å². The standard InChI is InChI=1S/C21H23NO4/c1-12-6-7-13(2)19-18(12)14(3)20(26-19)21(23)22-11-15-8-16(24-4)10-17(9-15)25-5/h6-10H,11H2,1-5H3,(H,22,23). The summed E-state index contributed by atoms with van der Waals surface area (Å²) in [4.78, 5) is 12.7. The van der Waals surface area contributed by atoms with Gasteiger partial charge < -0.3 is 19.2 Å². The second-order valence-corrected chi connectivity index (χ2v) is 6.36. The number of methoxy groups -OCH3 is 2. The number of aryl methyl sites for hydroxylation is 3. The number of amides is 1. The predicted octanol–water partition coefficient (Wildman–Crippen LogP) is 4.31. The van der Waals surface area contributed by atoms with Gasteiger partial charge in [0.25, 0.3) is 5.91 Å². The van der Waals surface area contributed by atoms with E-state index in [9.17, 15) is 4.79 Å². The highest BCUT2D eigenvalue weighted by Gasteiger charge is 2.19. The van der Waals surface area contributed by atoms with Crippen molar-refractivity contribution in [1.29, 1.82) is 0 Å². The highest BCUT2D eigenvalue weighted by molar-refractivity contribution is 6.00. The van der Waals surface area contributed by atoms with Gasteiger partial charge >= 0.3 is 0 Å². The Hall–Kier alpha value is -2.95. The van der Waals surface area contributed by atoms with Gasteiger partial charge in [0.05, 0.1) is 14.2 Å². The quantitative estimate of drug-likeness (QED) is 0.743. The number of hydrogen-bond acceptors (Lipinski definition) is 4. The first-order valence-corrected chi connectivity index (χ1v) is 8.44. The van der Waals surface area contributed by atoms with Crippen molar-refractivity contribution >= 4 is 16.9 Å². The maximum Gasteiger partial charge on any atom is 0.287 e. The van der Waals surface area contributed by atoms with Gasteiger partial charge in [-0.1, -0.05) is 12.1 Å². The molecule has 136 valence electrons. The van der Waals surface area contributed by atoms with E-state index in [1.807, 2.05) is 45.0 Å². The van der Waals surface area contributed by atoms with Gasteiger partial charge in [0.15, 0.2) is 5.76 Å². The van der Waals surface area contributed by atoms with Crippen molar-refractivity contribution in [1.82, 2.24) is 5.32 Å². The molecule has 3 rings (SSSR count). The lowest BCUT2D eigenvalue weighted by Gasteiger charge is -2.09. The van der Waals surface area contributed by atoms with E-state index in [1.165, 1.54) is 0 Å². The lowest BCUT2D eigenvalue weighted by Crippen LogP contribution is -2.23. The average molecular weight is 353 g/mol. The molecule has 0 aliphatic carbocycles. The van der Waals surface area contributed by atoms with Crippen molar-refractivity contribution in [2.75, 3.05) is 14.2 Å². The molecular formula is C21H23NO4. The van der Waals surface area contributed by atoms with Crippen LogP contribution in [0.25, 0.3) is 11.0 Å². The van der Waals surface area contributed by atoms with Crippen LogP contribution in [0.2, 0.25) is 0 Å². The number of rotatable bonds is 5. The van der Waals surface area contributed by atoms with Gasteiger partial charge in [0.2, 0.25) is 0 Å². The molecule has 0 fully saturated rings.